The number of piperidine rings is 1. The first-order valence-corrected chi connectivity index (χ1v) is 47.1. The van der Waals surface area contributed by atoms with Crippen LogP contribution < -0.4 is 0 Å². The lowest BCUT2D eigenvalue weighted by Gasteiger charge is -2.37. The van der Waals surface area contributed by atoms with Crippen molar-refractivity contribution in [2.24, 2.45) is 60.6 Å². The number of likely N-dealkylation sites (tertiary alicyclic amines) is 1. The lowest BCUT2D eigenvalue weighted by molar-refractivity contribution is -0.790. The second-order valence-corrected chi connectivity index (χ2v) is 43.7. The zero-order chi connectivity index (χ0) is 109. The summed E-state index contributed by atoms with van der Waals surface area (Å²) in [5.41, 5.74) is 1.44. The molecule has 48 heteroatoms. The van der Waals surface area contributed by atoms with E-state index in [9.17, 15) is 120 Å². The van der Waals surface area contributed by atoms with Crippen molar-refractivity contribution in [1.82, 2.24) is 4.90 Å². The quantitative estimate of drug-likeness (QED) is 0.0332. The fourth-order valence-corrected chi connectivity index (χ4v) is 12.0. The molecule has 48 nitrogen and oxygen atoms in total. The average Bonchev–Trinajstić information content (AvgIpc) is 1.64. The minimum absolute atomic E-state index is 0.0155. The third kappa shape index (κ3) is 95.0. The standard InChI is InChI=1S/C15H20O3.C14H23NO6.C12H23NO.C11H21NO5.C10H19NO4.C9H17NO4.C9H19NO3.C8H16N2O6.2C2H5NO3/c1-15(2,3)10-9-13(16)11-18-14(17)12-7-5-4-6-8-12;1-14(2,3)5-4-10(16)6-9-7-19-13-11(21-15(17)18)8-20-12(9)13;1-12(2,3)8-7-11(14)13-9-5-4-6-10-13;1-10(2,3)4-5-11(8-17-12(13)14)6-15-9-16-7-11;1-10(2,3)7-4-5-9(12)6-8-15-11(13)14;1-9(2,3)6-4-8(11)5-7-14-10(12)13;1-8(7-13-10(11)12)5-6-9(2,3)4;1-8(2,3)5-4-7(16-10(13)14)6-15-9(11)12;2*1-2-6-3(4)5/h4-8H,9-11H2,1-3H3;9,11-13H,4-8H2,1-3H3;4-10H2,1-3H3;4-9H2,1-3H3;4-8H2,1-3H3;4-7H2,1-3H3;8H,5-7H2,1-4H3;7H,4-6H2,1-3H3;2*2H2,1H3. The molecule has 1 aromatic carbocycles. The Morgan fingerprint density at radius 2 is 0.821 bits per heavy atom. The Kier molecular flexibility index (Phi) is 71.6. The van der Waals surface area contributed by atoms with Crippen LogP contribution in [0.1, 0.15) is 345 Å². The lowest BCUT2D eigenvalue weighted by atomic mass is 9.78. The van der Waals surface area contributed by atoms with Gasteiger partial charge in [-0.1, -0.05) is 191 Å². The lowest BCUT2D eigenvalue weighted by Crippen LogP contribution is -2.42. The summed E-state index contributed by atoms with van der Waals surface area (Å²) in [7, 11) is 0. The molecule has 0 N–H and O–H groups in total. The van der Waals surface area contributed by atoms with Crippen LogP contribution in [-0.4, -0.2) is 209 Å². The van der Waals surface area contributed by atoms with E-state index in [1.54, 1.807) is 38.1 Å². The summed E-state index contributed by atoms with van der Waals surface area (Å²) in [5.74, 6) is 0.352. The van der Waals surface area contributed by atoms with Crippen LogP contribution in [0.15, 0.2) is 30.3 Å². The Balaban J connectivity index is -0.000000489. The van der Waals surface area contributed by atoms with Gasteiger partial charge in [0.2, 0.25) is 5.91 Å². The third-order valence-electron chi connectivity index (χ3n) is 20.0. The van der Waals surface area contributed by atoms with Crippen LogP contribution in [0.4, 0.5) is 0 Å². The van der Waals surface area contributed by atoms with Crippen molar-refractivity contribution < 1.29 is 142 Å². The molecule has 0 aromatic heterocycles. The van der Waals surface area contributed by atoms with Crippen LogP contribution in [0, 0.1) is 152 Å². The maximum absolute atomic E-state index is 12.0. The number of carbonyl (C=O) groups is 6. The van der Waals surface area contributed by atoms with Gasteiger partial charge in [-0.15, -0.1) is 91.0 Å². The summed E-state index contributed by atoms with van der Waals surface area (Å²) in [5, 5.41) is 80.9. The molecule has 1 amide bonds. The number of fused-ring (bicyclic) bond motifs is 1. The smallest absolute Gasteiger partial charge is 0.338 e. The van der Waals surface area contributed by atoms with Crippen molar-refractivity contribution in [3.63, 3.8) is 0 Å². The number of hydrogen-bond acceptors (Lipinski definition) is 38. The molecule has 0 aliphatic carbocycles. The number of rotatable bonds is 47. The zero-order valence-corrected chi connectivity index (χ0v) is 88.2. The van der Waals surface area contributed by atoms with E-state index in [2.05, 4.69) is 168 Å². The highest BCUT2D eigenvalue weighted by Gasteiger charge is 2.50. The van der Waals surface area contributed by atoms with Gasteiger partial charge < -0.3 is 72.1 Å². The largest absolute Gasteiger partial charge is 0.454 e. The summed E-state index contributed by atoms with van der Waals surface area (Å²) in [6.45, 7) is 58.9. The Hall–Kier alpha value is -10.5. The molecule has 6 unspecified atom stereocenters. The van der Waals surface area contributed by atoms with E-state index in [1.165, 1.54) is 19.3 Å². The second kappa shape index (κ2) is 72.7. The first-order chi connectivity index (χ1) is 64.1. The number of nitrogens with zero attached hydrogens (tertiary/aromatic N) is 10. The van der Waals surface area contributed by atoms with Gasteiger partial charge in [0.1, 0.15) is 69.4 Å². The van der Waals surface area contributed by atoms with Gasteiger partial charge in [-0.05, 0) is 172 Å². The molecule has 4 aliphatic heterocycles. The van der Waals surface area contributed by atoms with E-state index in [0.29, 0.717) is 81.7 Å². The summed E-state index contributed by atoms with van der Waals surface area (Å²) >= 11 is 0. The average molecular weight is 2020 g/mol. The van der Waals surface area contributed by atoms with Crippen molar-refractivity contribution in [3.8, 4) is 0 Å². The number of Topliss-reactive ketones (excluding diaryl/α,β-unsaturated/α-hetero) is 4. The fraction of sp³-hybridized carbons (Fsp3) is 0.870. The molecule has 814 valence electrons. The molecule has 140 heavy (non-hydrogen) atoms. The highest BCUT2D eigenvalue weighted by atomic mass is 17.0. The van der Waals surface area contributed by atoms with Crippen molar-refractivity contribution in [2.45, 2.75) is 359 Å². The number of amides is 1. The van der Waals surface area contributed by atoms with Gasteiger partial charge in [0.05, 0.1) is 57.9 Å². The van der Waals surface area contributed by atoms with E-state index < -0.39 is 82.1 Å². The molecule has 5 rings (SSSR count). The van der Waals surface area contributed by atoms with Gasteiger partial charge in [-0.3, -0.25) is 24.0 Å². The van der Waals surface area contributed by atoms with Crippen molar-refractivity contribution in [1.29, 1.82) is 0 Å². The third-order valence-corrected chi connectivity index (χ3v) is 20.0. The molecule has 0 saturated carbocycles. The SMILES string of the molecule is CC(C)(C)CCC(=O)CC1COC2C(O[N+](=O)[O-])COC12.CC(C)(C)CCC(=O)CCO[N+](=O)[O-].CC(C)(C)CCC(=O)COC(=O)c1ccccc1.CC(C)(C)CCC(=O)N1CCCCC1.CC(C)(C)CCC(CO[N+](=O)[O-])O[N+](=O)[O-].CC(C)(C)CCC1(CO[N+](=O)[O-])COCOC1.CC(C)(C)CCCC(=O)CCO[N+](=O)[O-].CC(CCC(C)(C)C)CO[N+](=O)[O-].CCO[N+](=O)[O-].CCO[N+](=O)[O-]. The Morgan fingerprint density at radius 1 is 0.421 bits per heavy atom. The fourth-order valence-electron chi connectivity index (χ4n) is 12.0. The number of ketones is 4. The highest BCUT2D eigenvalue weighted by Crippen LogP contribution is 2.37. The second-order valence-electron chi connectivity index (χ2n) is 43.7. The minimum Gasteiger partial charge on any atom is -0.454 e. The van der Waals surface area contributed by atoms with Crippen LogP contribution in [0.2, 0.25) is 0 Å². The van der Waals surface area contributed by atoms with Gasteiger partial charge >= 0.3 is 5.97 Å². The van der Waals surface area contributed by atoms with E-state index in [0.717, 1.165) is 83.7 Å². The molecule has 4 aliphatic rings. The Bertz CT molecular complexity index is 3690. The van der Waals surface area contributed by atoms with Crippen molar-refractivity contribution >= 4 is 35.0 Å². The van der Waals surface area contributed by atoms with Gasteiger partial charge in [0, 0.05) is 75.8 Å². The highest BCUT2D eigenvalue weighted by molar-refractivity contribution is 5.91. The van der Waals surface area contributed by atoms with Gasteiger partial charge in [-0.25, -0.2) is 4.79 Å². The Labute approximate surface area is 824 Å². The van der Waals surface area contributed by atoms with Crippen molar-refractivity contribution in [3.05, 3.63) is 127 Å². The minimum atomic E-state index is -0.993. The molecule has 0 radical (unpaired) electrons. The maximum atomic E-state index is 12.0. The number of esters is 1. The number of ether oxygens (including phenoxy) is 5. The summed E-state index contributed by atoms with van der Waals surface area (Å²) < 4.78 is 26.6. The molecule has 1 aromatic rings. The molecule has 4 heterocycles. The van der Waals surface area contributed by atoms with Crippen LogP contribution in [0.25, 0.3) is 0 Å². The van der Waals surface area contributed by atoms with Crippen molar-refractivity contribution in [2.75, 3.05) is 99.2 Å². The first-order valence-electron chi connectivity index (χ1n) is 47.1. The summed E-state index contributed by atoms with van der Waals surface area (Å²) in [6.07, 6.45) is 14.7. The number of carbonyl (C=O) groups excluding carboxylic acids is 6. The zero-order valence-electron chi connectivity index (χ0n) is 88.2. The van der Waals surface area contributed by atoms with Crippen LogP contribution in [-0.2, 0) is 91.2 Å². The summed E-state index contributed by atoms with van der Waals surface area (Å²) in [6, 6.07) is 8.69. The van der Waals surface area contributed by atoms with Gasteiger partial charge in [-0.2, -0.15) is 0 Å². The van der Waals surface area contributed by atoms with E-state index in [-0.39, 0.29) is 151 Å². The molecule has 6 atom stereocenters. The van der Waals surface area contributed by atoms with Gasteiger partial charge in [0.15, 0.2) is 11.9 Å². The Morgan fingerprint density at radius 3 is 1.23 bits per heavy atom. The monoisotopic (exact) mass is 2020 g/mol. The molecular weight excluding hydrogens is 1850 g/mol. The molecule has 0 spiro atoms. The van der Waals surface area contributed by atoms with E-state index in [4.69, 9.17) is 23.7 Å². The normalized spacial score (nSPS) is 16.2. The topological polar surface area (TPSA) is 623 Å². The van der Waals surface area contributed by atoms with E-state index >= 15 is 0 Å². The first kappa shape index (κ1) is 138. The molecule has 0 bridgehead atoms. The van der Waals surface area contributed by atoms with Gasteiger partial charge in [0.25, 0.3) is 45.8 Å². The van der Waals surface area contributed by atoms with Crippen LogP contribution >= 0.6 is 0 Å². The van der Waals surface area contributed by atoms with Crippen LogP contribution in [0.5, 0.6) is 0 Å². The maximum Gasteiger partial charge on any atom is 0.338 e. The predicted molar refractivity (Wildman–Crippen MR) is 512 cm³/mol. The predicted octanol–water partition coefficient (Wildman–Crippen LogP) is 18.9. The van der Waals surface area contributed by atoms with Crippen LogP contribution in [0.3, 0.4) is 0 Å². The molecular formula is C92H168N10O38. The molecule has 4 fully saturated rings. The molecule has 4 saturated heterocycles. The number of hydrogen-bond donors (Lipinski definition) is 0. The van der Waals surface area contributed by atoms with E-state index in [1.807, 2.05) is 59.4 Å². The number of benzene rings is 1. The summed E-state index contributed by atoms with van der Waals surface area (Å²) in [4.78, 5) is 197.